The molecule has 0 aliphatic heterocycles. The fourth-order valence-electron chi connectivity index (χ4n) is 6.34. The fourth-order valence-corrected chi connectivity index (χ4v) is 6.68. The van der Waals surface area contributed by atoms with E-state index in [2.05, 4.69) is 52.2 Å². The van der Waals surface area contributed by atoms with Crippen molar-refractivity contribution >= 4 is 21.7 Å². The number of rotatable bonds is 2. The van der Waals surface area contributed by atoms with Crippen LogP contribution < -0.4 is 5.32 Å². The Bertz CT molecular complexity index is 538. The van der Waals surface area contributed by atoms with Gasteiger partial charge in [0.2, 0.25) is 0 Å². The highest BCUT2D eigenvalue weighted by molar-refractivity contribution is 9.10. The second kappa shape index (κ2) is 4.00. The van der Waals surface area contributed by atoms with E-state index in [0.717, 1.165) is 16.3 Å². The van der Waals surface area contributed by atoms with Crippen LogP contribution in [0.2, 0.25) is 0 Å². The molecule has 0 spiro atoms. The highest BCUT2D eigenvalue weighted by Crippen LogP contribution is 2.66. The molecular formula is C17H23BrN2. The van der Waals surface area contributed by atoms with Gasteiger partial charge in [0.25, 0.3) is 0 Å². The second-order valence-electron chi connectivity index (χ2n) is 8.38. The molecule has 0 aromatic carbocycles. The Kier molecular flexibility index (Phi) is 2.62. The molecule has 0 amide bonds. The van der Waals surface area contributed by atoms with Crippen molar-refractivity contribution in [2.75, 3.05) is 5.32 Å². The Balaban J connectivity index is 1.67. The molecule has 4 aliphatic rings. The van der Waals surface area contributed by atoms with Crippen molar-refractivity contribution < 1.29 is 0 Å². The van der Waals surface area contributed by atoms with E-state index in [0.29, 0.717) is 10.8 Å². The standard InChI is InChI=1S/C17H23BrN2/c1-15-6-12-7-16(2,9-15)11-17(8-12,10-15)20-14-5-3-4-13(18)19-14/h3-5,12H,6-11H2,1-2H3,(H,19,20). The van der Waals surface area contributed by atoms with E-state index in [1.165, 1.54) is 38.5 Å². The van der Waals surface area contributed by atoms with E-state index in [1.807, 2.05) is 6.07 Å². The third-order valence-corrected chi connectivity index (χ3v) is 6.18. The zero-order valence-corrected chi connectivity index (χ0v) is 14.0. The summed E-state index contributed by atoms with van der Waals surface area (Å²) >= 11 is 3.48. The molecule has 3 heteroatoms. The van der Waals surface area contributed by atoms with Gasteiger partial charge in [-0.25, -0.2) is 4.98 Å². The molecule has 1 N–H and O–H groups in total. The lowest BCUT2D eigenvalue weighted by Gasteiger charge is -2.65. The van der Waals surface area contributed by atoms with Crippen molar-refractivity contribution in [3.05, 3.63) is 22.8 Å². The minimum Gasteiger partial charge on any atom is -0.365 e. The van der Waals surface area contributed by atoms with Crippen LogP contribution >= 0.6 is 15.9 Å². The second-order valence-corrected chi connectivity index (χ2v) is 9.19. The van der Waals surface area contributed by atoms with E-state index < -0.39 is 0 Å². The van der Waals surface area contributed by atoms with Crippen LogP contribution in [0.4, 0.5) is 5.82 Å². The quantitative estimate of drug-likeness (QED) is 0.769. The number of halogens is 1. The van der Waals surface area contributed by atoms with Crippen LogP contribution in [-0.2, 0) is 0 Å². The summed E-state index contributed by atoms with van der Waals surface area (Å²) in [6, 6.07) is 6.17. The minimum atomic E-state index is 0.288. The van der Waals surface area contributed by atoms with Crippen LogP contribution in [0.15, 0.2) is 22.8 Å². The lowest BCUT2D eigenvalue weighted by Crippen LogP contribution is -2.61. The molecular weight excluding hydrogens is 312 g/mol. The maximum Gasteiger partial charge on any atom is 0.127 e. The summed E-state index contributed by atoms with van der Waals surface area (Å²) < 4.78 is 0.921. The molecule has 1 aromatic heterocycles. The molecule has 1 aromatic rings. The number of nitrogens with one attached hydrogen (secondary N) is 1. The van der Waals surface area contributed by atoms with Crippen LogP contribution in [0.1, 0.15) is 52.4 Å². The molecule has 2 atom stereocenters. The summed E-state index contributed by atoms with van der Waals surface area (Å²) in [5, 5.41) is 3.84. The summed E-state index contributed by atoms with van der Waals surface area (Å²) in [7, 11) is 0. The lowest BCUT2D eigenvalue weighted by atomic mass is 9.43. The van der Waals surface area contributed by atoms with Gasteiger partial charge in [-0.1, -0.05) is 19.9 Å². The first-order chi connectivity index (χ1) is 9.38. The van der Waals surface area contributed by atoms with Gasteiger partial charge < -0.3 is 5.32 Å². The van der Waals surface area contributed by atoms with Gasteiger partial charge in [-0.2, -0.15) is 0 Å². The fraction of sp³-hybridized carbons (Fsp3) is 0.706. The van der Waals surface area contributed by atoms with E-state index in [-0.39, 0.29) is 5.54 Å². The van der Waals surface area contributed by atoms with E-state index in [9.17, 15) is 0 Å². The van der Waals surface area contributed by atoms with Gasteiger partial charge in [0.15, 0.2) is 0 Å². The maximum atomic E-state index is 4.60. The van der Waals surface area contributed by atoms with Gasteiger partial charge in [0, 0.05) is 5.54 Å². The number of nitrogens with zero attached hydrogens (tertiary/aromatic N) is 1. The molecule has 0 radical (unpaired) electrons. The third kappa shape index (κ3) is 2.09. The van der Waals surface area contributed by atoms with Gasteiger partial charge in [-0.3, -0.25) is 0 Å². The smallest absolute Gasteiger partial charge is 0.127 e. The highest BCUT2D eigenvalue weighted by Gasteiger charge is 2.60. The Morgan fingerprint density at radius 2 is 1.80 bits per heavy atom. The first-order valence-electron chi connectivity index (χ1n) is 7.79. The van der Waals surface area contributed by atoms with Crippen molar-refractivity contribution in [1.82, 2.24) is 4.98 Å². The van der Waals surface area contributed by atoms with Crippen molar-refractivity contribution in [2.24, 2.45) is 16.7 Å². The normalized spacial score (nSPS) is 45.6. The van der Waals surface area contributed by atoms with Gasteiger partial charge in [0.05, 0.1) is 0 Å². The Labute approximate surface area is 129 Å². The predicted octanol–water partition coefficient (Wildman–Crippen LogP) is 5.01. The third-order valence-electron chi connectivity index (χ3n) is 5.73. The van der Waals surface area contributed by atoms with Crippen LogP contribution in [0.5, 0.6) is 0 Å². The summed E-state index contributed by atoms with van der Waals surface area (Å²) in [5.74, 6) is 1.95. The summed E-state index contributed by atoms with van der Waals surface area (Å²) in [6.45, 7) is 5.03. The summed E-state index contributed by atoms with van der Waals surface area (Å²) in [5.41, 5.74) is 1.39. The van der Waals surface area contributed by atoms with Gasteiger partial charge in [0.1, 0.15) is 10.4 Å². The molecule has 4 aliphatic carbocycles. The van der Waals surface area contributed by atoms with Crippen molar-refractivity contribution in [3.8, 4) is 0 Å². The average molecular weight is 335 g/mol. The Morgan fingerprint density at radius 1 is 1.10 bits per heavy atom. The van der Waals surface area contributed by atoms with Crippen molar-refractivity contribution in [1.29, 1.82) is 0 Å². The highest BCUT2D eigenvalue weighted by atomic mass is 79.9. The molecule has 108 valence electrons. The molecule has 4 bridgehead atoms. The zero-order chi connectivity index (χ0) is 14.0. The maximum absolute atomic E-state index is 4.60. The van der Waals surface area contributed by atoms with Crippen LogP contribution in [0.3, 0.4) is 0 Å². The van der Waals surface area contributed by atoms with E-state index in [4.69, 9.17) is 0 Å². The summed E-state index contributed by atoms with van der Waals surface area (Å²) in [6.07, 6.45) is 8.29. The molecule has 1 heterocycles. The van der Waals surface area contributed by atoms with Crippen LogP contribution in [0.25, 0.3) is 0 Å². The van der Waals surface area contributed by atoms with Crippen LogP contribution in [0, 0.1) is 16.7 Å². The first kappa shape index (κ1) is 13.1. The average Bonchev–Trinajstić information content (AvgIpc) is 2.22. The molecule has 5 rings (SSSR count). The van der Waals surface area contributed by atoms with Crippen molar-refractivity contribution in [3.63, 3.8) is 0 Å². The van der Waals surface area contributed by atoms with Gasteiger partial charge in [-0.05, 0) is 83.3 Å². The van der Waals surface area contributed by atoms with E-state index in [1.54, 1.807) is 0 Å². The Morgan fingerprint density at radius 3 is 2.40 bits per heavy atom. The molecule has 0 saturated heterocycles. The number of hydrogen-bond donors (Lipinski definition) is 1. The topological polar surface area (TPSA) is 24.9 Å². The lowest BCUT2D eigenvalue weighted by molar-refractivity contribution is -0.0973. The van der Waals surface area contributed by atoms with Gasteiger partial charge >= 0.3 is 0 Å². The SMILES string of the molecule is CC12CC3CC(C)(C1)CC(Nc1cccc(Br)n1)(C3)C2. The molecule has 20 heavy (non-hydrogen) atoms. The summed E-state index contributed by atoms with van der Waals surface area (Å²) in [4.78, 5) is 4.60. The monoisotopic (exact) mass is 334 g/mol. The van der Waals surface area contributed by atoms with Crippen LogP contribution in [-0.4, -0.2) is 10.5 Å². The van der Waals surface area contributed by atoms with Gasteiger partial charge in [-0.15, -0.1) is 0 Å². The number of aromatic nitrogens is 1. The number of hydrogen-bond acceptors (Lipinski definition) is 2. The molecule has 4 saturated carbocycles. The van der Waals surface area contributed by atoms with Crippen molar-refractivity contribution in [2.45, 2.75) is 57.9 Å². The number of anilines is 1. The molecule has 4 fully saturated rings. The molecule has 2 unspecified atom stereocenters. The Hall–Kier alpha value is -0.570. The first-order valence-corrected chi connectivity index (χ1v) is 8.58. The van der Waals surface area contributed by atoms with E-state index >= 15 is 0 Å². The zero-order valence-electron chi connectivity index (χ0n) is 12.4. The number of pyridine rings is 1. The largest absolute Gasteiger partial charge is 0.365 e. The predicted molar refractivity (Wildman–Crippen MR) is 85.7 cm³/mol. The minimum absolute atomic E-state index is 0.288. The molecule has 2 nitrogen and oxygen atoms in total.